The van der Waals surface area contributed by atoms with E-state index in [-0.39, 0.29) is 24.6 Å². The molecule has 2 N–H and O–H groups in total. The van der Waals surface area contributed by atoms with Crippen LogP contribution in [0.5, 0.6) is 0 Å². The van der Waals surface area contributed by atoms with Crippen molar-refractivity contribution >= 4 is 5.91 Å². The molecule has 1 unspecified atom stereocenters. The molecule has 2 fully saturated rings. The Morgan fingerprint density at radius 2 is 1.89 bits per heavy atom. The van der Waals surface area contributed by atoms with Crippen LogP contribution in [0.1, 0.15) is 47.8 Å². The van der Waals surface area contributed by atoms with E-state index in [4.69, 9.17) is 9.72 Å². The summed E-state index contributed by atoms with van der Waals surface area (Å²) in [6, 6.07) is 20.1. The SMILES string of the molecule is COC[C@]1(O)CCCCC1n1cnc(C(=O)N2CCNC[C@H]2Cc2ccccc2)c1-c1ccccc1. The Hall–Kier alpha value is -3.00. The number of nitrogens with one attached hydrogen (secondary N) is 1. The molecule has 1 aromatic heterocycles. The van der Waals surface area contributed by atoms with Crippen LogP contribution in [0.25, 0.3) is 11.3 Å². The number of carbonyl (C=O) groups excluding carboxylic acids is 1. The van der Waals surface area contributed by atoms with Crippen molar-refractivity contribution in [3.63, 3.8) is 0 Å². The van der Waals surface area contributed by atoms with E-state index >= 15 is 0 Å². The molecule has 0 spiro atoms. The molecule has 2 heterocycles. The molecule has 0 bridgehead atoms. The molecule has 2 aliphatic rings. The number of methoxy groups -OCH3 is 1. The summed E-state index contributed by atoms with van der Waals surface area (Å²) in [6.45, 7) is 2.39. The summed E-state index contributed by atoms with van der Waals surface area (Å²) in [6.07, 6.45) is 5.99. The van der Waals surface area contributed by atoms with Crippen molar-refractivity contribution < 1.29 is 14.6 Å². The van der Waals surface area contributed by atoms with E-state index in [0.29, 0.717) is 18.7 Å². The predicted octanol–water partition coefficient (Wildman–Crippen LogP) is 3.70. The van der Waals surface area contributed by atoms with Crippen molar-refractivity contribution in [2.45, 2.75) is 49.8 Å². The Bertz CT molecular complexity index is 1150. The van der Waals surface area contributed by atoms with Gasteiger partial charge in [-0.3, -0.25) is 4.79 Å². The minimum absolute atomic E-state index is 0.0440. The fourth-order valence-electron chi connectivity index (χ4n) is 5.89. The highest BCUT2D eigenvalue weighted by molar-refractivity contribution is 5.98. The van der Waals surface area contributed by atoms with Gasteiger partial charge in [-0.25, -0.2) is 4.98 Å². The predicted molar refractivity (Wildman–Crippen MR) is 140 cm³/mol. The average Bonchev–Trinajstić information content (AvgIpc) is 3.35. The van der Waals surface area contributed by atoms with Gasteiger partial charge in [0.15, 0.2) is 5.69 Å². The zero-order chi connectivity index (χ0) is 25.0. The summed E-state index contributed by atoms with van der Waals surface area (Å²) in [7, 11) is 1.63. The van der Waals surface area contributed by atoms with Crippen molar-refractivity contribution in [2.75, 3.05) is 33.4 Å². The van der Waals surface area contributed by atoms with Crippen molar-refractivity contribution in [3.8, 4) is 11.3 Å². The maximum absolute atomic E-state index is 14.1. The third-order valence-electron chi connectivity index (χ3n) is 7.66. The summed E-state index contributed by atoms with van der Waals surface area (Å²) in [5.41, 5.74) is 2.37. The van der Waals surface area contributed by atoms with E-state index in [1.807, 2.05) is 58.0 Å². The van der Waals surface area contributed by atoms with Crippen LogP contribution in [0.4, 0.5) is 0 Å². The van der Waals surface area contributed by atoms with Crippen molar-refractivity contribution in [2.24, 2.45) is 0 Å². The van der Waals surface area contributed by atoms with Crippen LogP contribution in [0, 0.1) is 0 Å². The molecule has 7 heteroatoms. The van der Waals surface area contributed by atoms with E-state index in [1.54, 1.807) is 13.4 Å². The molecule has 7 nitrogen and oxygen atoms in total. The van der Waals surface area contributed by atoms with Crippen molar-refractivity contribution in [1.82, 2.24) is 19.8 Å². The monoisotopic (exact) mass is 488 g/mol. The molecule has 1 amide bonds. The molecule has 1 aliphatic heterocycles. The molecule has 0 radical (unpaired) electrons. The van der Waals surface area contributed by atoms with Crippen LogP contribution in [0.2, 0.25) is 0 Å². The molecule has 190 valence electrons. The van der Waals surface area contributed by atoms with Crippen LogP contribution >= 0.6 is 0 Å². The van der Waals surface area contributed by atoms with Gasteiger partial charge in [0.2, 0.25) is 0 Å². The van der Waals surface area contributed by atoms with Crippen molar-refractivity contribution in [1.29, 1.82) is 0 Å². The largest absolute Gasteiger partial charge is 0.385 e. The Labute approximate surface area is 213 Å². The van der Waals surface area contributed by atoms with Crippen LogP contribution in [-0.4, -0.2) is 70.5 Å². The normalized spacial score (nSPS) is 24.6. The van der Waals surface area contributed by atoms with Crippen LogP contribution in [-0.2, 0) is 11.2 Å². The average molecular weight is 489 g/mol. The molecule has 1 saturated heterocycles. The first-order chi connectivity index (χ1) is 17.6. The highest BCUT2D eigenvalue weighted by Crippen LogP contribution is 2.41. The number of nitrogens with zero attached hydrogens (tertiary/aromatic N) is 3. The number of piperazine rings is 1. The van der Waals surface area contributed by atoms with Crippen LogP contribution in [0.15, 0.2) is 67.0 Å². The van der Waals surface area contributed by atoms with E-state index in [1.165, 1.54) is 5.56 Å². The number of hydrogen-bond acceptors (Lipinski definition) is 5. The van der Waals surface area contributed by atoms with Gasteiger partial charge < -0.3 is 24.6 Å². The summed E-state index contributed by atoms with van der Waals surface area (Å²) >= 11 is 0. The Morgan fingerprint density at radius 1 is 1.14 bits per heavy atom. The first-order valence-corrected chi connectivity index (χ1v) is 13.0. The summed E-state index contributed by atoms with van der Waals surface area (Å²) < 4.78 is 7.47. The number of carbonyl (C=O) groups is 1. The Balaban J connectivity index is 1.53. The summed E-state index contributed by atoms with van der Waals surface area (Å²) in [5.74, 6) is -0.0545. The lowest BCUT2D eigenvalue weighted by Gasteiger charge is -2.41. The number of ether oxygens (including phenoxy) is 1. The molecule has 3 aromatic rings. The molecule has 2 aromatic carbocycles. The summed E-state index contributed by atoms with van der Waals surface area (Å²) in [4.78, 5) is 20.8. The Morgan fingerprint density at radius 3 is 2.64 bits per heavy atom. The van der Waals surface area contributed by atoms with Gasteiger partial charge in [0.25, 0.3) is 5.91 Å². The quantitative estimate of drug-likeness (QED) is 0.530. The Kier molecular flexibility index (Phi) is 7.51. The van der Waals surface area contributed by atoms with Crippen LogP contribution in [0.3, 0.4) is 0 Å². The van der Waals surface area contributed by atoms with E-state index in [2.05, 4.69) is 17.4 Å². The molecule has 1 aliphatic carbocycles. The molecule has 5 rings (SSSR count). The van der Waals surface area contributed by atoms with Crippen LogP contribution < -0.4 is 5.32 Å². The number of rotatable bonds is 7. The van der Waals surface area contributed by atoms with E-state index in [9.17, 15) is 9.90 Å². The second-order valence-corrected chi connectivity index (χ2v) is 10.1. The third-order valence-corrected chi connectivity index (χ3v) is 7.66. The van der Waals surface area contributed by atoms with Gasteiger partial charge in [-0.05, 0) is 24.8 Å². The highest BCUT2D eigenvalue weighted by Gasteiger charge is 2.42. The number of benzene rings is 2. The lowest BCUT2D eigenvalue weighted by Crippen LogP contribution is -2.54. The summed E-state index contributed by atoms with van der Waals surface area (Å²) in [5, 5.41) is 15.0. The zero-order valence-electron chi connectivity index (χ0n) is 21.0. The smallest absolute Gasteiger partial charge is 0.275 e. The van der Waals surface area contributed by atoms with Gasteiger partial charge in [-0.1, -0.05) is 73.5 Å². The van der Waals surface area contributed by atoms with Gasteiger partial charge in [0.1, 0.15) is 5.60 Å². The zero-order valence-corrected chi connectivity index (χ0v) is 21.0. The van der Waals surface area contributed by atoms with Gasteiger partial charge in [-0.2, -0.15) is 0 Å². The molecule has 36 heavy (non-hydrogen) atoms. The maximum Gasteiger partial charge on any atom is 0.275 e. The standard InChI is InChI=1S/C29H36N4O3/c1-36-20-29(35)15-9-8-14-25(29)33-21-31-26(27(33)23-12-6-3-7-13-23)28(34)32-17-16-30-19-24(32)18-22-10-4-2-5-11-22/h2-7,10-13,21,24-25,30,35H,8-9,14-20H2,1H3/t24-,25?,29-/m1/s1. The first-order valence-electron chi connectivity index (χ1n) is 13.0. The maximum atomic E-state index is 14.1. The minimum atomic E-state index is -0.998. The lowest BCUT2D eigenvalue weighted by molar-refractivity contribution is -0.0893. The minimum Gasteiger partial charge on any atom is -0.385 e. The lowest BCUT2D eigenvalue weighted by atomic mass is 9.80. The highest BCUT2D eigenvalue weighted by atomic mass is 16.5. The number of imidazole rings is 1. The van der Waals surface area contributed by atoms with Gasteiger partial charge in [0, 0.05) is 38.3 Å². The fourth-order valence-corrected chi connectivity index (χ4v) is 5.89. The van der Waals surface area contributed by atoms with Crippen molar-refractivity contribution in [3.05, 3.63) is 78.2 Å². The van der Waals surface area contributed by atoms with Gasteiger partial charge in [0.05, 0.1) is 24.7 Å². The van der Waals surface area contributed by atoms with E-state index in [0.717, 1.165) is 50.0 Å². The fraction of sp³-hybridized carbons (Fsp3) is 0.448. The number of amides is 1. The first kappa shape index (κ1) is 24.7. The molecule has 1 saturated carbocycles. The van der Waals surface area contributed by atoms with Gasteiger partial charge in [-0.15, -0.1) is 0 Å². The molecular weight excluding hydrogens is 452 g/mol. The number of hydrogen-bond donors (Lipinski definition) is 2. The molecular formula is C29H36N4O3. The third kappa shape index (κ3) is 4.96. The number of aromatic nitrogens is 2. The van der Waals surface area contributed by atoms with Gasteiger partial charge >= 0.3 is 0 Å². The number of aliphatic hydroxyl groups is 1. The second-order valence-electron chi connectivity index (χ2n) is 10.1. The molecule has 3 atom stereocenters. The second kappa shape index (κ2) is 10.9. The van der Waals surface area contributed by atoms with E-state index < -0.39 is 5.60 Å². The topological polar surface area (TPSA) is 79.6 Å².